The fourth-order valence-electron chi connectivity index (χ4n) is 3.65. The van der Waals surface area contributed by atoms with Gasteiger partial charge in [-0.2, -0.15) is 13.2 Å². The quantitative estimate of drug-likeness (QED) is 0.603. The third kappa shape index (κ3) is 6.24. The van der Waals surface area contributed by atoms with E-state index in [1.165, 1.54) is 4.90 Å². The van der Waals surface area contributed by atoms with E-state index in [4.69, 9.17) is 5.73 Å². The summed E-state index contributed by atoms with van der Waals surface area (Å²) in [5, 5.41) is 3.02. The Hall–Kier alpha value is -1.55. The zero-order chi connectivity index (χ0) is 19.3. The molecule has 0 spiro atoms. The van der Waals surface area contributed by atoms with Gasteiger partial charge in [0.1, 0.15) is 0 Å². The maximum absolute atomic E-state index is 12.4. The number of hydrogen-bond acceptors (Lipinski definition) is 5. The molecule has 27 heavy (non-hydrogen) atoms. The Morgan fingerprint density at radius 1 is 1.19 bits per heavy atom. The Kier molecular flexibility index (Phi) is 6.80. The fourth-order valence-corrected chi connectivity index (χ4v) is 4.34. The lowest BCUT2D eigenvalue weighted by atomic mass is 9.93. The molecule has 0 aliphatic carbocycles. The number of alkyl halides is 3. The van der Waals surface area contributed by atoms with Crippen molar-refractivity contribution in [2.75, 3.05) is 57.3 Å². The van der Waals surface area contributed by atoms with E-state index in [1.54, 1.807) is 11.3 Å². The Labute approximate surface area is 161 Å². The third-order valence-corrected chi connectivity index (χ3v) is 6.05. The van der Waals surface area contributed by atoms with E-state index in [0.29, 0.717) is 31.5 Å². The Balaban J connectivity index is 1.34. The first-order valence-corrected chi connectivity index (χ1v) is 10.3. The van der Waals surface area contributed by atoms with Crippen molar-refractivity contribution < 1.29 is 13.2 Å². The summed E-state index contributed by atoms with van der Waals surface area (Å²) in [4.78, 5) is 14.7. The lowest BCUT2D eigenvalue weighted by molar-refractivity contribution is -0.148. The summed E-state index contributed by atoms with van der Waals surface area (Å²) in [7, 11) is 0. The van der Waals surface area contributed by atoms with Crippen LogP contribution < -0.4 is 10.6 Å². The number of piperidine rings is 1. The van der Waals surface area contributed by atoms with Gasteiger partial charge in [-0.25, -0.2) is 4.98 Å². The van der Waals surface area contributed by atoms with E-state index >= 15 is 0 Å². The number of thiazole rings is 1. The molecule has 2 aliphatic heterocycles. The first-order chi connectivity index (χ1) is 12.9. The van der Waals surface area contributed by atoms with Crippen molar-refractivity contribution in [2.45, 2.75) is 25.4 Å². The molecular weight excluding hydrogens is 377 g/mol. The molecule has 2 N–H and O–H groups in total. The molecule has 2 fully saturated rings. The Morgan fingerprint density at radius 3 is 2.48 bits per heavy atom. The number of halogens is 3. The SMILES string of the molecule is NC(=NCCC1CCN(CC(F)(F)F)CC1)N1CCN(c2nccs2)CC1. The second-order valence-corrected chi connectivity index (χ2v) is 8.03. The summed E-state index contributed by atoms with van der Waals surface area (Å²) in [6.07, 6.45) is 0.209. The van der Waals surface area contributed by atoms with Gasteiger partial charge in [-0.3, -0.25) is 9.89 Å². The van der Waals surface area contributed by atoms with E-state index in [0.717, 1.165) is 50.6 Å². The van der Waals surface area contributed by atoms with E-state index < -0.39 is 12.7 Å². The number of guanidine groups is 1. The predicted molar refractivity (Wildman–Crippen MR) is 102 cm³/mol. The average Bonchev–Trinajstić information content (AvgIpc) is 3.17. The topological polar surface area (TPSA) is 61.0 Å². The molecule has 10 heteroatoms. The maximum Gasteiger partial charge on any atom is 0.401 e. The van der Waals surface area contributed by atoms with Crippen molar-refractivity contribution in [2.24, 2.45) is 16.6 Å². The second-order valence-electron chi connectivity index (χ2n) is 7.15. The number of rotatable bonds is 5. The van der Waals surface area contributed by atoms with Crippen LogP contribution in [0.3, 0.4) is 0 Å². The first kappa shape index (κ1) is 20.2. The molecule has 0 atom stereocenters. The minimum atomic E-state index is -4.10. The molecule has 1 aromatic rings. The van der Waals surface area contributed by atoms with Gasteiger partial charge in [-0.05, 0) is 38.3 Å². The Bertz CT molecular complexity index is 590. The fraction of sp³-hybridized carbons (Fsp3) is 0.765. The minimum Gasteiger partial charge on any atom is -0.370 e. The van der Waals surface area contributed by atoms with Crippen molar-refractivity contribution in [1.29, 1.82) is 0 Å². The van der Waals surface area contributed by atoms with Crippen LogP contribution in [0, 0.1) is 5.92 Å². The van der Waals surface area contributed by atoms with Crippen LogP contribution in [0.5, 0.6) is 0 Å². The van der Waals surface area contributed by atoms with Gasteiger partial charge in [0.2, 0.25) is 0 Å². The summed E-state index contributed by atoms with van der Waals surface area (Å²) in [6, 6.07) is 0. The molecule has 0 saturated carbocycles. The highest BCUT2D eigenvalue weighted by molar-refractivity contribution is 7.13. The summed E-state index contributed by atoms with van der Waals surface area (Å²) in [5.74, 6) is 1.01. The van der Waals surface area contributed by atoms with Crippen molar-refractivity contribution >= 4 is 22.4 Å². The van der Waals surface area contributed by atoms with Crippen molar-refractivity contribution in [3.8, 4) is 0 Å². The molecule has 1 aromatic heterocycles. The number of likely N-dealkylation sites (tertiary alicyclic amines) is 1. The molecular formula is C17H27F3N6S. The molecule has 2 aliphatic rings. The average molecular weight is 405 g/mol. The van der Waals surface area contributed by atoms with Crippen LogP contribution in [0.4, 0.5) is 18.3 Å². The van der Waals surface area contributed by atoms with Gasteiger partial charge in [-0.1, -0.05) is 0 Å². The second kappa shape index (κ2) is 9.09. The van der Waals surface area contributed by atoms with Crippen molar-refractivity contribution in [1.82, 2.24) is 14.8 Å². The molecule has 3 heterocycles. The van der Waals surface area contributed by atoms with Crippen molar-refractivity contribution in [3.05, 3.63) is 11.6 Å². The van der Waals surface area contributed by atoms with E-state index in [2.05, 4.69) is 19.8 Å². The van der Waals surface area contributed by atoms with Gasteiger partial charge in [0.15, 0.2) is 11.1 Å². The summed E-state index contributed by atoms with van der Waals surface area (Å²) >= 11 is 1.64. The molecule has 6 nitrogen and oxygen atoms in total. The molecule has 0 radical (unpaired) electrons. The molecule has 0 bridgehead atoms. The summed E-state index contributed by atoms with van der Waals surface area (Å²) in [6.45, 7) is 4.28. The van der Waals surface area contributed by atoms with Crippen LogP contribution in [0.15, 0.2) is 16.6 Å². The molecule has 3 rings (SSSR count). The van der Waals surface area contributed by atoms with Crippen LogP contribution in [0.2, 0.25) is 0 Å². The monoisotopic (exact) mass is 404 g/mol. The van der Waals surface area contributed by atoms with E-state index in [1.807, 2.05) is 11.6 Å². The lowest BCUT2D eigenvalue weighted by Gasteiger charge is -2.35. The number of hydrogen-bond donors (Lipinski definition) is 1. The number of nitrogens with zero attached hydrogens (tertiary/aromatic N) is 5. The summed E-state index contributed by atoms with van der Waals surface area (Å²) in [5.41, 5.74) is 6.13. The van der Waals surface area contributed by atoms with E-state index in [-0.39, 0.29) is 0 Å². The first-order valence-electron chi connectivity index (χ1n) is 9.39. The zero-order valence-electron chi connectivity index (χ0n) is 15.4. The number of aliphatic imine (C=N–C) groups is 1. The Morgan fingerprint density at radius 2 is 1.89 bits per heavy atom. The molecule has 152 valence electrons. The molecule has 0 aromatic carbocycles. The van der Waals surface area contributed by atoms with Crippen LogP contribution in [-0.4, -0.2) is 79.3 Å². The van der Waals surface area contributed by atoms with Gasteiger partial charge in [-0.15, -0.1) is 11.3 Å². The minimum absolute atomic E-state index is 0.438. The normalized spacial score (nSPS) is 21.1. The highest BCUT2D eigenvalue weighted by Gasteiger charge is 2.32. The smallest absolute Gasteiger partial charge is 0.370 e. The molecule has 2 saturated heterocycles. The van der Waals surface area contributed by atoms with Gasteiger partial charge >= 0.3 is 6.18 Å². The lowest BCUT2D eigenvalue weighted by Crippen LogP contribution is -2.51. The maximum atomic E-state index is 12.4. The van der Waals surface area contributed by atoms with Gasteiger partial charge in [0.25, 0.3) is 0 Å². The van der Waals surface area contributed by atoms with Crippen LogP contribution in [-0.2, 0) is 0 Å². The van der Waals surface area contributed by atoms with Crippen LogP contribution in [0.25, 0.3) is 0 Å². The summed E-state index contributed by atoms with van der Waals surface area (Å²) < 4.78 is 37.3. The third-order valence-electron chi connectivity index (χ3n) is 5.21. The molecule has 0 amide bonds. The van der Waals surface area contributed by atoms with Crippen molar-refractivity contribution in [3.63, 3.8) is 0 Å². The number of nitrogens with two attached hydrogens (primary N) is 1. The number of anilines is 1. The van der Waals surface area contributed by atoms with Crippen LogP contribution >= 0.6 is 11.3 Å². The van der Waals surface area contributed by atoms with Gasteiger partial charge in [0.05, 0.1) is 6.54 Å². The predicted octanol–water partition coefficient (Wildman–Crippen LogP) is 2.24. The number of piperazine rings is 1. The molecule has 0 unspecified atom stereocenters. The van der Waals surface area contributed by atoms with E-state index in [9.17, 15) is 13.2 Å². The number of aromatic nitrogens is 1. The van der Waals surface area contributed by atoms with Gasteiger partial charge in [0, 0.05) is 44.3 Å². The van der Waals surface area contributed by atoms with Crippen LogP contribution in [0.1, 0.15) is 19.3 Å². The largest absolute Gasteiger partial charge is 0.401 e. The standard InChI is InChI=1S/C17H27F3N6S/c18-17(19,20)13-24-6-2-14(3-7-24)1-4-22-15(21)25-8-10-26(11-9-25)16-23-5-12-27-16/h5,12,14H,1-4,6-11,13H2,(H2,21,22). The zero-order valence-corrected chi connectivity index (χ0v) is 16.2. The highest BCUT2D eigenvalue weighted by atomic mass is 32.1. The van der Waals surface area contributed by atoms with Gasteiger partial charge < -0.3 is 15.5 Å². The highest BCUT2D eigenvalue weighted by Crippen LogP contribution is 2.24.